The van der Waals surface area contributed by atoms with E-state index in [-0.39, 0.29) is 0 Å². The van der Waals surface area contributed by atoms with Crippen molar-refractivity contribution >= 4 is 34.9 Å². The maximum Gasteiger partial charge on any atom is 0.157 e. The molecule has 2 heterocycles. The van der Waals surface area contributed by atoms with Crippen LogP contribution in [0.25, 0.3) is 27.7 Å². The van der Waals surface area contributed by atoms with Crippen molar-refractivity contribution in [3.8, 4) is 39.8 Å². The standard InChI is InChI=1S/C34H30N2O6/c1-39-31-15-21(16-32(40-2)27(31)19-37)35-13-11-25-23(7-5-9-29(25)35)24-8-6-10-30-26(24)12-14-36(30)22-17-33(41-3)28(20-38)34(18-22)42-4/h5-11,13,15-20H,12,14H2,1-4H3. The fourth-order valence-electron chi connectivity index (χ4n) is 5.96. The van der Waals surface area contributed by atoms with Gasteiger partial charge in [-0.15, -0.1) is 0 Å². The first-order valence-corrected chi connectivity index (χ1v) is 13.5. The first-order chi connectivity index (χ1) is 20.6. The van der Waals surface area contributed by atoms with E-state index >= 15 is 0 Å². The van der Waals surface area contributed by atoms with Gasteiger partial charge in [0.2, 0.25) is 0 Å². The number of ether oxygens (including phenoxy) is 4. The topological polar surface area (TPSA) is 79.2 Å². The molecule has 0 amide bonds. The summed E-state index contributed by atoms with van der Waals surface area (Å²) in [5.41, 5.74) is 8.14. The SMILES string of the molecule is COc1cc(N2CCc3c(-c4cccc5c4ccn5-c4cc(OC)c(C=O)c(OC)c4)cccc32)cc(OC)c1C=O. The third kappa shape index (κ3) is 4.23. The molecule has 6 rings (SSSR count). The fourth-order valence-corrected chi connectivity index (χ4v) is 5.96. The van der Waals surface area contributed by atoms with Crippen LogP contribution >= 0.6 is 0 Å². The van der Waals surface area contributed by atoms with E-state index < -0.39 is 0 Å². The van der Waals surface area contributed by atoms with Crippen molar-refractivity contribution in [2.75, 3.05) is 39.9 Å². The van der Waals surface area contributed by atoms with Crippen LogP contribution in [0.3, 0.4) is 0 Å². The van der Waals surface area contributed by atoms with Crippen LogP contribution in [0.4, 0.5) is 11.4 Å². The molecular weight excluding hydrogens is 532 g/mol. The number of fused-ring (bicyclic) bond motifs is 2. The van der Waals surface area contributed by atoms with Gasteiger partial charge in [0.1, 0.15) is 23.0 Å². The highest BCUT2D eigenvalue weighted by Gasteiger charge is 2.26. The molecule has 8 heteroatoms. The van der Waals surface area contributed by atoms with Crippen molar-refractivity contribution in [1.82, 2.24) is 4.57 Å². The normalized spacial score (nSPS) is 12.2. The predicted molar refractivity (Wildman–Crippen MR) is 163 cm³/mol. The van der Waals surface area contributed by atoms with Gasteiger partial charge in [0.15, 0.2) is 12.6 Å². The highest BCUT2D eigenvalue weighted by molar-refractivity contribution is 5.99. The lowest BCUT2D eigenvalue weighted by molar-refractivity contribution is 0.111. The molecule has 0 radical (unpaired) electrons. The number of rotatable bonds is 9. The van der Waals surface area contributed by atoms with Crippen LogP contribution in [0.15, 0.2) is 72.9 Å². The van der Waals surface area contributed by atoms with Crippen LogP contribution in [0.1, 0.15) is 26.3 Å². The number of hydrogen-bond donors (Lipinski definition) is 0. The maximum atomic E-state index is 11.7. The van der Waals surface area contributed by atoms with Gasteiger partial charge in [0.05, 0.1) is 50.8 Å². The number of hydrogen-bond acceptors (Lipinski definition) is 7. The van der Waals surface area contributed by atoms with Gasteiger partial charge >= 0.3 is 0 Å². The van der Waals surface area contributed by atoms with Gasteiger partial charge in [-0.25, -0.2) is 0 Å². The van der Waals surface area contributed by atoms with Gasteiger partial charge in [-0.2, -0.15) is 0 Å². The lowest BCUT2D eigenvalue weighted by atomic mass is 9.95. The molecular formula is C34H30N2O6. The third-order valence-corrected chi connectivity index (χ3v) is 7.93. The van der Waals surface area contributed by atoms with E-state index in [1.807, 2.05) is 30.5 Å². The lowest BCUT2D eigenvalue weighted by Crippen LogP contribution is -2.14. The second-order valence-electron chi connectivity index (χ2n) is 9.89. The fraction of sp³-hybridized carbons (Fsp3) is 0.176. The molecule has 1 aromatic heterocycles. The minimum absolute atomic E-state index is 0.376. The summed E-state index contributed by atoms with van der Waals surface area (Å²) in [6.07, 6.45) is 4.37. The van der Waals surface area contributed by atoms with Gasteiger partial charge in [0.25, 0.3) is 0 Å². The molecule has 0 spiro atoms. The smallest absolute Gasteiger partial charge is 0.157 e. The zero-order chi connectivity index (χ0) is 29.4. The molecule has 0 saturated carbocycles. The Hall–Kier alpha value is -5.24. The number of methoxy groups -OCH3 is 4. The molecule has 1 aliphatic heterocycles. The van der Waals surface area contributed by atoms with Crippen molar-refractivity contribution in [3.63, 3.8) is 0 Å². The molecule has 0 unspecified atom stereocenters. The van der Waals surface area contributed by atoms with Crippen LogP contribution in [0, 0.1) is 0 Å². The predicted octanol–water partition coefficient (Wildman–Crippen LogP) is 6.65. The summed E-state index contributed by atoms with van der Waals surface area (Å²) < 4.78 is 24.1. The van der Waals surface area contributed by atoms with Gasteiger partial charge < -0.3 is 28.4 Å². The summed E-state index contributed by atoms with van der Waals surface area (Å²) in [5.74, 6) is 1.86. The molecule has 0 atom stereocenters. The van der Waals surface area contributed by atoms with E-state index in [9.17, 15) is 9.59 Å². The van der Waals surface area contributed by atoms with Gasteiger partial charge in [0, 0.05) is 53.8 Å². The van der Waals surface area contributed by atoms with Crippen molar-refractivity contribution in [1.29, 1.82) is 0 Å². The van der Waals surface area contributed by atoms with E-state index in [4.69, 9.17) is 18.9 Å². The molecule has 42 heavy (non-hydrogen) atoms. The number of benzene rings is 4. The van der Waals surface area contributed by atoms with Crippen molar-refractivity contribution in [2.45, 2.75) is 6.42 Å². The second-order valence-corrected chi connectivity index (χ2v) is 9.89. The molecule has 8 nitrogen and oxygen atoms in total. The lowest BCUT2D eigenvalue weighted by Gasteiger charge is -2.22. The van der Waals surface area contributed by atoms with Gasteiger partial charge in [-0.05, 0) is 41.3 Å². The minimum Gasteiger partial charge on any atom is -0.496 e. The molecule has 212 valence electrons. The number of carbonyl (C=O) groups excluding carboxylic acids is 2. The highest BCUT2D eigenvalue weighted by atomic mass is 16.5. The summed E-state index contributed by atoms with van der Waals surface area (Å²) in [6, 6.07) is 22.2. The molecule has 5 aromatic rings. The second kappa shape index (κ2) is 11.0. The highest BCUT2D eigenvalue weighted by Crippen LogP contribution is 2.44. The molecule has 0 N–H and O–H groups in total. The Morgan fingerprint density at radius 3 is 1.79 bits per heavy atom. The number of aldehydes is 2. The number of aromatic nitrogens is 1. The quantitative estimate of drug-likeness (QED) is 0.186. The third-order valence-electron chi connectivity index (χ3n) is 7.93. The molecule has 0 fully saturated rings. The largest absolute Gasteiger partial charge is 0.496 e. The Kier molecular flexibility index (Phi) is 7.04. The zero-order valence-electron chi connectivity index (χ0n) is 23.8. The molecule has 0 bridgehead atoms. The van der Waals surface area contributed by atoms with Crippen molar-refractivity contribution < 1.29 is 28.5 Å². The molecule has 0 saturated heterocycles. The Morgan fingerprint density at radius 1 is 0.667 bits per heavy atom. The Morgan fingerprint density at radius 2 is 1.21 bits per heavy atom. The Labute approximate surface area is 243 Å². The average molecular weight is 563 g/mol. The van der Waals surface area contributed by atoms with Gasteiger partial charge in [-0.1, -0.05) is 24.3 Å². The Bertz CT molecular complexity index is 1790. The van der Waals surface area contributed by atoms with Crippen LogP contribution in [0.2, 0.25) is 0 Å². The van der Waals surface area contributed by atoms with E-state index in [1.54, 1.807) is 28.4 Å². The summed E-state index contributed by atoms with van der Waals surface area (Å²) in [5, 5.41) is 1.10. The summed E-state index contributed by atoms with van der Waals surface area (Å²) >= 11 is 0. The molecule has 0 aliphatic carbocycles. The van der Waals surface area contributed by atoms with E-state index in [0.717, 1.165) is 64.6 Å². The van der Waals surface area contributed by atoms with Crippen molar-refractivity contribution in [2.24, 2.45) is 0 Å². The van der Waals surface area contributed by atoms with Gasteiger partial charge in [-0.3, -0.25) is 9.59 Å². The summed E-state index contributed by atoms with van der Waals surface area (Å²) in [7, 11) is 6.19. The summed E-state index contributed by atoms with van der Waals surface area (Å²) in [4.78, 5) is 25.6. The van der Waals surface area contributed by atoms with E-state index in [1.165, 1.54) is 5.56 Å². The maximum absolute atomic E-state index is 11.7. The first-order valence-electron chi connectivity index (χ1n) is 13.5. The number of anilines is 2. The number of carbonyl (C=O) groups is 2. The average Bonchev–Trinajstić information content (AvgIpc) is 3.68. The van der Waals surface area contributed by atoms with E-state index in [0.29, 0.717) is 34.1 Å². The minimum atomic E-state index is 0.376. The van der Waals surface area contributed by atoms with Crippen LogP contribution < -0.4 is 23.8 Å². The summed E-state index contributed by atoms with van der Waals surface area (Å²) in [6.45, 7) is 0.777. The molecule has 4 aromatic carbocycles. The monoisotopic (exact) mass is 562 g/mol. The van der Waals surface area contributed by atoms with Crippen LogP contribution in [-0.4, -0.2) is 52.1 Å². The zero-order valence-corrected chi connectivity index (χ0v) is 23.8. The first kappa shape index (κ1) is 27.0. The molecule has 1 aliphatic rings. The number of nitrogens with zero attached hydrogens (tertiary/aromatic N) is 2. The van der Waals surface area contributed by atoms with Crippen LogP contribution in [0.5, 0.6) is 23.0 Å². The van der Waals surface area contributed by atoms with Crippen molar-refractivity contribution in [3.05, 3.63) is 89.6 Å². The van der Waals surface area contributed by atoms with Crippen LogP contribution in [-0.2, 0) is 6.42 Å². The Balaban J connectivity index is 1.45. The van der Waals surface area contributed by atoms with E-state index in [2.05, 4.69) is 51.9 Å².